The Kier molecular flexibility index (Phi) is 5.63. The highest BCUT2D eigenvalue weighted by Crippen LogP contribution is 2.29. The van der Waals surface area contributed by atoms with Crippen LogP contribution in [0.15, 0.2) is 54.6 Å². The topological polar surface area (TPSA) is 21.3 Å². The van der Waals surface area contributed by atoms with Crippen molar-refractivity contribution in [2.24, 2.45) is 0 Å². The maximum absolute atomic E-state index is 6.03. The first kappa shape index (κ1) is 14.6. The van der Waals surface area contributed by atoms with E-state index in [0.717, 1.165) is 24.2 Å². The largest absolute Gasteiger partial charge is 0.491 e. The predicted molar refractivity (Wildman–Crippen MR) is 85.1 cm³/mol. The third kappa shape index (κ3) is 3.84. The molecular formula is C18H23NO. The first-order valence-corrected chi connectivity index (χ1v) is 7.29. The third-order valence-electron chi connectivity index (χ3n) is 3.46. The molecule has 0 heterocycles. The molecule has 1 unspecified atom stereocenters. The monoisotopic (exact) mass is 269 g/mol. The van der Waals surface area contributed by atoms with Crippen LogP contribution in [0.1, 0.15) is 19.8 Å². The lowest BCUT2D eigenvalue weighted by atomic mass is 10.0. The lowest BCUT2D eigenvalue weighted by molar-refractivity contribution is 0.263. The fourth-order valence-electron chi connectivity index (χ4n) is 2.30. The van der Waals surface area contributed by atoms with Crippen LogP contribution in [0.25, 0.3) is 11.1 Å². The molecule has 0 fully saturated rings. The van der Waals surface area contributed by atoms with Gasteiger partial charge in [0.2, 0.25) is 0 Å². The quantitative estimate of drug-likeness (QED) is 0.816. The molecule has 0 saturated heterocycles. The van der Waals surface area contributed by atoms with Gasteiger partial charge in [0, 0.05) is 11.6 Å². The molecular weight excluding hydrogens is 246 g/mol. The van der Waals surface area contributed by atoms with Crippen molar-refractivity contribution in [3.05, 3.63) is 54.6 Å². The minimum absolute atomic E-state index is 0.406. The molecule has 0 bridgehead atoms. The van der Waals surface area contributed by atoms with E-state index in [4.69, 9.17) is 4.74 Å². The Labute approximate surface area is 121 Å². The molecule has 0 aliphatic rings. The van der Waals surface area contributed by atoms with Gasteiger partial charge in [-0.05, 0) is 25.1 Å². The summed E-state index contributed by atoms with van der Waals surface area (Å²) in [6, 6.07) is 19.0. The Morgan fingerprint density at radius 2 is 1.70 bits per heavy atom. The van der Waals surface area contributed by atoms with Crippen LogP contribution in [0, 0.1) is 0 Å². The SMILES string of the molecule is CCCC(COc1ccccc1-c1ccccc1)NC. The van der Waals surface area contributed by atoms with E-state index < -0.39 is 0 Å². The molecule has 106 valence electrons. The zero-order chi connectivity index (χ0) is 14.2. The van der Waals surface area contributed by atoms with Crippen LogP contribution in [0.5, 0.6) is 5.75 Å². The number of nitrogens with one attached hydrogen (secondary N) is 1. The smallest absolute Gasteiger partial charge is 0.127 e. The Morgan fingerprint density at radius 1 is 1.00 bits per heavy atom. The van der Waals surface area contributed by atoms with Crippen molar-refractivity contribution in [2.75, 3.05) is 13.7 Å². The third-order valence-corrected chi connectivity index (χ3v) is 3.46. The van der Waals surface area contributed by atoms with Gasteiger partial charge in [0.05, 0.1) is 0 Å². The van der Waals surface area contributed by atoms with Crippen LogP contribution in [0.2, 0.25) is 0 Å². The normalized spacial score (nSPS) is 12.1. The first-order chi connectivity index (χ1) is 9.85. The van der Waals surface area contributed by atoms with E-state index in [2.05, 4.69) is 48.6 Å². The summed E-state index contributed by atoms with van der Waals surface area (Å²) in [5.41, 5.74) is 2.35. The molecule has 0 saturated carbocycles. The van der Waals surface area contributed by atoms with E-state index in [0.29, 0.717) is 12.6 Å². The molecule has 0 radical (unpaired) electrons. The molecule has 1 atom stereocenters. The summed E-state index contributed by atoms with van der Waals surface area (Å²) in [4.78, 5) is 0. The minimum Gasteiger partial charge on any atom is -0.491 e. The molecule has 20 heavy (non-hydrogen) atoms. The van der Waals surface area contributed by atoms with Crippen LogP contribution in [-0.4, -0.2) is 19.7 Å². The van der Waals surface area contributed by atoms with Crippen LogP contribution < -0.4 is 10.1 Å². The lowest BCUT2D eigenvalue weighted by Crippen LogP contribution is -2.31. The maximum atomic E-state index is 6.03. The molecule has 2 rings (SSSR count). The molecule has 2 aromatic carbocycles. The number of hydrogen-bond donors (Lipinski definition) is 1. The zero-order valence-corrected chi connectivity index (χ0v) is 12.3. The van der Waals surface area contributed by atoms with Crippen molar-refractivity contribution in [1.29, 1.82) is 0 Å². The summed E-state index contributed by atoms with van der Waals surface area (Å²) in [6.45, 7) is 2.90. The van der Waals surface area contributed by atoms with Crippen molar-refractivity contribution in [1.82, 2.24) is 5.32 Å². The summed E-state index contributed by atoms with van der Waals surface area (Å²) in [5, 5.41) is 3.31. The molecule has 0 aliphatic heterocycles. The van der Waals surface area contributed by atoms with Gasteiger partial charge in [-0.1, -0.05) is 61.9 Å². The number of hydrogen-bond acceptors (Lipinski definition) is 2. The highest BCUT2D eigenvalue weighted by atomic mass is 16.5. The number of ether oxygens (including phenoxy) is 1. The Balaban J connectivity index is 2.12. The highest BCUT2D eigenvalue weighted by Gasteiger charge is 2.09. The molecule has 0 spiro atoms. The second kappa shape index (κ2) is 7.71. The Bertz CT molecular complexity index is 510. The number of para-hydroxylation sites is 1. The van der Waals surface area contributed by atoms with Gasteiger partial charge in [-0.25, -0.2) is 0 Å². The second-order valence-electron chi connectivity index (χ2n) is 4.95. The van der Waals surface area contributed by atoms with E-state index in [-0.39, 0.29) is 0 Å². The average molecular weight is 269 g/mol. The number of rotatable bonds is 7. The Hall–Kier alpha value is -1.80. The summed E-state index contributed by atoms with van der Waals surface area (Å²) >= 11 is 0. The van der Waals surface area contributed by atoms with Crippen molar-refractivity contribution in [3.63, 3.8) is 0 Å². The van der Waals surface area contributed by atoms with Crippen molar-refractivity contribution < 1.29 is 4.74 Å². The standard InChI is InChI=1S/C18H23NO/c1-3-9-16(19-2)14-20-18-13-8-7-12-17(18)15-10-5-4-6-11-15/h4-8,10-13,16,19H,3,9,14H2,1-2H3. The highest BCUT2D eigenvalue weighted by molar-refractivity contribution is 5.70. The van der Waals surface area contributed by atoms with Crippen molar-refractivity contribution in [2.45, 2.75) is 25.8 Å². The van der Waals surface area contributed by atoms with Gasteiger partial charge in [-0.2, -0.15) is 0 Å². The van der Waals surface area contributed by atoms with Gasteiger partial charge in [-0.15, -0.1) is 0 Å². The molecule has 2 aromatic rings. The molecule has 1 N–H and O–H groups in total. The summed E-state index contributed by atoms with van der Waals surface area (Å²) in [5.74, 6) is 0.954. The number of likely N-dealkylation sites (N-methyl/N-ethyl adjacent to an activating group) is 1. The molecule has 0 aliphatic carbocycles. The van der Waals surface area contributed by atoms with Gasteiger partial charge in [0.25, 0.3) is 0 Å². The van der Waals surface area contributed by atoms with Gasteiger partial charge >= 0.3 is 0 Å². The summed E-state index contributed by atoms with van der Waals surface area (Å²) in [7, 11) is 1.99. The maximum Gasteiger partial charge on any atom is 0.127 e. The molecule has 2 nitrogen and oxygen atoms in total. The fourth-order valence-corrected chi connectivity index (χ4v) is 2.30. The summed E-state index contributed by atoms with van der Waals surface area (Å²) < 4.78 is 6.03. The van der Waals surface area contributed by atoms with Crippen LogP contribution in [0.3, 0.4) is 0 Å². The number of benzene rings is 2. The van der Waals surface area contributed by atoms with Crippen molar-refractivity contribution in [3.8, 4) is 16.9 Å². The molecule has 0 aromatic heterocycles. The lowest BCUT2D eigenvalue weighted by Gasteiger charge is -2.18. The van der Waals surface area contributed by atoms with Gasteiger partial charge in [-0.3, -0.25) is 0 Å². The Morgan fingerprint density at radius 3 is 2.40 bits per heavy atom. The molecule has 0 amide bonds. The van der Waals surface area contributed by atoms with E-state index in [1.807, 2.05) is 25.2 Å². The van der Waals surface area contributed by atoms with E-state index in [1.54, 1.807) is 0 Å². The van der Waals surface area contributed by atoms with Crippen LogP contribution >= 0.6 is 0 Å². The van der Waals surface area contributed by atoms with Crippen LogP contribution in [0.4, 0.5) is 0 Å². The van der Waals surface area contributed by atoms with Gasteiger partial charge in [0.15, 0.2) is 0 Å². The van der Waals surface area contributed by atoms with Crippen molar-refractivity contribution >= 4 is 0 Å². The second-order valence-corrected chi connectivity index (χ2v) is 4.95. The van der Waals surface area contributed by atoms with E-state index in [1.165, 1.54) is 5.56 Å². The summed E-state index contributed by atoms with van der Waals surface area (Å²) in [6.07, 6.45) is 2.29. The van der Waals surface area contributed by atoms with Crippen LogP contribution in [-0.2, 0) is 0 Å². The van der Waals surface area contributed by atoms with Gasteiger partial charge < -0.3 is 10.1 Å². The van der Waals surface area contributed by atoms with E-state index in [9.17, 15) is 0 Å². The minimum atomic E-state index is 0.406. The zero-order valence-electron chi connectivity index (χ0n) is 12.3. The fraction of sp³-hybridized carbons (Fsp3) is 0.333. The predicted octanol–water partition coefficient (Wildman–Crippen LogP) is 4.12. The average Bonchev–Trinajstić information content (AvgIpc) is 2.52. The van der Waals surface area contributed by atoms with E-state index >= 15 is 0 Å². The first-order valence-electron chi connectivity index (χ1n) is 7.29. The van der Waals surface area contributed by atoms with Gasteiger partial charge in [0.1, 0.15) is 12.4 Å². The molecule has 2 heteroatoms.